The highest BCUT2D eigenvalue weighted by Crippen LogP contribution is 2.35. The van der Waals surface area contributed by atoms with Gasteiger partial charge in [-0.15, -0.1) is 0 Å². The topological polar surface area (TPSA) is 85.9 Å². The molecule has 0 saturated heterocycles. The van der Waals surface area contributed by atoms with E-state index in [4.69, 9.17) is 14.2 Å². The number of hydrogen-bond donors (Lipinski definition) is 2. The number of nitrogens with one attached hydrogen (secondary N) is 2. The van der Waals surface area contributed by atoms with Crippen LogP contribution in [-0.4, -0.2) is 38.9 Å². The van der Waals surface area contributed by atoms with Crippen molar-refractivity contribution in [3.63, 3.8) is 0 Å². The molecule has 1 aliphatic rings. The third-order valence-corrected chi connectivity index (χ3v) is 4.51. The van der Waals surface area contributed by atoms with Gasteiger partial charge in [-0.1, -0.05) is 12.1 Å². The first-order valence-electron chi connectivity index (χ1n) is 9.44. The summed E-state index contributed by atoms with van der Waals surface area (Å²) in [6.45, 7) is 1.01. The number of benzene rings is 2. The summed E-state index contributed by atoms with van der Waals surface area (Å²) in [4.78, 5) is 24.7. The Balaban J connectivity index is 1.71. The van der Waals surface area contributed by atoms with Crippen LogP contribution in [0.5, 0.6) is 5.75 Å². The van der Waals surface area contributed by atoms with Crippen molar-refractivity contribution in [2.45, 2.75) is 18.9 Å². The summed E-state index contributed by atoms with van der Waals surface area (Å²) >= 11 is 0. The lowest BCUT2D eigenvalue weighted by atomic mass is 9.97. The smallest absolute Gasteiger partial charge is 0.407 e. The molecule has 2 aromatic carbocycles. The molecule has 2 N–H and O–H groups in total. The summed E-state index contributed by atoms with van der Waals surface area (Å²) in [7, 11) is 1.57. The van der Waals surface area contributed by atoms with E-state index < -0.39 is 23.6 Å². The van der Waals surface area contributed by atoms with Crippen molar-refractivity contribution >= 4 is 17.7 Å². The van der Waals surface area contributed by atoms with Crippen molar-refractivity contribution in [1.82, 2.24) is 5.32 Å². The van der Waals surface area contributed by atoms with Gasteiger partial charge in [0.15, 0.2) is 11.6 Å². The zero-order valence-corrected chi connectivity index (χ0v) is 16.4. The van der Waals surface area contributed by atoms with Crippen molar-refractivity contribution in [3.8, 4) is 5.75 Å². The van der Waals surface area contributed by atoms with Crippen LogP contribution in [0.3, 0.4) is 0 Å². The van der Waals surface area contributed by atoms with Gasteiger partial charge in [0.25, 0.3) is 5.91 Å². The van der Waals surface area contributed by atoms with E-state index in [0.717, 1.165) is 12.1 Å². The minimum Gasteiger partial charge on any atom is -0.492 e. The fourth-order valence-corrected chi connectivity index (χ4v) is 3.08. The first-order chi connectivity index (χ1) is 14.5. The van der Waals surface area contributed by atoms with Crippen LogP contribution in [-0.2, 0) is 9.47 Å². The van der Waals surface area contributed by atoms with Crippen LogP contribution in [0.2, 0.25) is 0 Å². The summed E-state index contributed by atoms with van der Waals surface area (Å²) in [6, 6.07) is 7.66. The summed E-state index contributed by atoms with van der Waals surface area (Å²) in [5, 5.41) is 5.30. The molecule has 2 amide bonds. The average molecular weight is 420 g/mol. The first-order valence-corrected chi connectivity index (χ1v) is 9.44. The third kappa shape index (κ3) is 5.24. The van der Waals surface area contributed by atoms with Crippen LogP contribution in [0.15, 0.2) is 36.4 Å². The van der Waals surface area contributed by atoms with Crippen molar-refractivity contribution < 1.29 is 32.6 Å². The lowest BCUT2D eigenvalue weighted by Gasteiger charge is -2.27. The van der Waals surface area contributed by atoms with Gasteiger partial charge in [0.2, 0.25) is 0 Å². The summed E-state index contributed by atoms with van der Waals surface area (Å²) in [5.41, 5.74) is 0.965. The monoisotopic (exact) mass is 420 g/mol. The minimum atomic E-state index is -1.06. The Morgan fingerprint density at radius 3 is 2.77 bits per heavy atom. The van der Waals surface area contributed by atoms with E-state index in [-0.39, 0.29) is 30.5 Å². The minimum absolute atomic E-state index is 0.113. The van der Waals surface area contributed by atoms with Crippen LogP contribution < -0.4 is 15.4 Å². The Kier molecular flexibility index (Phi) is 7.18. The number of anilines is 1. The molecule has 0 fully saturated rings. The van der Waals surface area contributed by atoms with Gasteiger partial charge >= 0.3 is 6.09 Å². The molecule has 0 radical (unpaired) electrons. The highest BCUT2D eigenvalue weighted by Gasteiger charge is 2.27. The number of alkyl carbamates (subject to hydrolysis) is 1. The van der Waals surface area contributed by atoms with Crippen molar-refractivity contribution in [1.29, 1.82) is 0 Å². The Morgan fingerprint density at radius 1 is 1.17 bits per heavy atom. The summed E-state index contributed by atoms with van der Waals surface area (Å²) in [6.07, 6.45) is 0.525. The lowest BCUT2D eigenvalue weighted by molar-refractivity contribution is 0.102. The maximum Gasteiger partial charge on any atom is 0.407 e. The number of para-hydroxylation sites is 1. The highest BCUT2D eigenvalue weighted by molar-refractivity contribution is 6.06. The van der Waals surface area contributed by atoms with Gasteiger partial charge in [-0.2, -0.15) is 0 Å². The number of rotatable bonds is 7. The van der Waals surface area contributed by atoms with Gasteiger partial charge in [-0.3, -0.25) is 4.79 Å². The standard InChI is InChI=1S/C21H22F2N2O5/c1-28-9-3-10-30-21(27)25-18-8-11-29-19-14(18)4-2-5-15(19)20(26)24-13-6-7-16(22)17(23)12-13/h2,4-7,12,18H,3,8-11H2,1H3,(H,24,26)(H,25,27). The van der Waals surface area contributed by atoms with E-state index in [2.05, 4.69) is 10.6 Å². The van der Waals surface area contributed by atoms with Crippen LogP contribution >= 0.6 is 0 Å². The number of methoxy groups -OCH3 is 1. The Morgan fingerprint density at radius 2 is 2.00 bits per heavy atom. The maximum absolute atomic E-state index is 13.4. The Bertz CT molecular complexity index is 922. The van der Waals surface area contributed by atoms with Gasteiger partial charge in [0, 0.05) is 43.9 Å². The van der Waals surface area contributed by atoms with E-state index in [0.29, 0.717) is 30.8 Å². The second-order valence-corrected chi connectivity index (χ2v) is 6.62. The molecule has 0 aromatic heterocycles. The fraction of sp³-hybridized carbons (Fsp3) is 0.333. The van der Waals surface area contributed by atoms with E-state index >= 15 is 0 Å². The van der Waals surface area contributed by atoms with Gasteiger partial charge in [0.05, 0.1) is 24.8 Å². The number of halogens is 2. The Labute approximate surface area is 172 Å². The predicted octanol–water partition coefficient (Wildman–Crippen LogP) is 3.80. The molecule has 3 rings (SSSR count). The Hall–Kier alpha value is -3.20. The molecule has 2 aromatic rings. The van der Waals surface area contributed by atoms with Crippen molar-refractivity contribution in [3.05, 3.63) is 59.2 Å². The van der Waals surface area contributed by atoms with E-state index in [1.807, 2.05) is 0 Å². The summed E-state index contributed by atoms with van der Waals surface area (Å²) in [5.74, 6) is -2.28. The van der Waals surface area contributed by atoms with Gasteiger partial charge < -0.3 is 24.8 Å². The van der Waals surface area contributed by atoms with E-state index in [1.165, 1.54) is 6.07 Å². The third-order valence-electron chi connectivity index (χ3n) is 4.51. The van der Waals surface area contributed by atoms with Crippen LogP contribution in [0.25, 0.3) is 0 Å². The highest BCUT2D eigenvalue weighted by atomic mass is 19.2. The molecule has 1 unspecified atom stereocenters. The SMILES string of the molecule is COCCCOC(=O)NC1CCOc2c(C(=O)Nc3ccc(F)c(F)c3)cccc21. The molecular weight excluding hydrogens is 398 g/mol. The number of amides is 2. The molecule has 1 aliphatic heterocycles. The predicted molar refractivity (Wildman–Crippen MR) is 105 cm³/mol. The molecule has 1 heterocycles. The number of hydrogen-bond acceptors (Lipinski definition) is 5. The van der Waals surface area contributed by atoms with Crippen molar-refractivity contribution in [2.75, 3.05) is 32.2 Å². The van der Waals surface area contributed by atoms with Gasteiger partial charge in [-0.05, 0) is 18.2 Å². The molecule has 0 aliphatic carbocycles. The normalized spacial score (nSPS) is 15.0. The van der Waals surface area contributed by atoms with Crippen LogP contribution in [0.4, 0.5) is 19.3 Å². The number of ether oxygens (including phenoxy) is 3. The summed E-state index contributed by atoms with van der Waals surface area (Å²) < 4.78 is 42.2. The first kappa shape index (κ1) is 21.5. The van der Waals surface area contributed by atoms with Gasteiger partial charge in [0.1, 0.15) is 5.75 Å². The molecule has 1 atom stereocenters. The van der Waals surface area contributed by atoms with E-state index in [9.17, 15) is 18.4 Å². The maximum atomic E-state index is 13.4. The molecule has 0 spiro atoms. The zero-order chi connectivity index (χ0) is 21.5. The van der Waals surface area contributed by atoms with E-state index in [1.54, 1.807) is 25.3 Å². The number of fused-ring (bicyclic) bond motifs is 1. The number of carbonyl (C=O) groups excluding carboxylic acids is 2. The molecule has 0 saturated carbocycles. The second-order valence-electron chi connectivity index (χ2n) is 6.62. The van der Waals surface area contributed by atoms with Crippen molar-refractivity contribution in [2.24, 2.45) is 0 Å². The molecule has 0 bridgehead atoms. The quantitative estimate of drug-likeness (QED) is 0.666. The molecule has 7 nitrogen and oxygen atoms in total. The second kappa shape index (κ2) is 10.0. The lowest BCUT2D eigenvalue weighted by Crippen LogP contribution is -2.33. The zero-order valence-electron chi connectivity index (χ0n) is 16.4. The molecule has 30 heavy (non-hydrogen) atoms. The van der Waals surface area contributed by atoms with Crippen LogP contribution in [0, 0.1) is 11.6 Å². The van der Waals surface area contributed by atoms with Crippen LogP contribution in [0.1, 0.15) is 34.8 Å². The van der Waals surface area contributed by atoms with Gasteiger partial charge in [-0.25, -0.2) is 13.6 Å². The average Bonchev–Trinajstić information content (AvgIpc) is 2.73. The fourth-order valence-electron chi connectivity index (χ4n) is 3.08. The largest absolute Gasteiger partial charge is 0.492 e. The molecule has 160 valence electrons. The molecule has 9 heteroatoms. The molecular formula is C21H22F2N2O5. The number of carbonyl (C=O) groups is 2.